The quantitative estimate of drug-likeness (QED) is 0.517. The van der Waals surface area contributed by atoms with Crippen LogP contribution in [0.5, 0.6) is 0 Å². The van der Waals surface area contributed by atoms with Crippen LogP contribution >= 0.6 is 11.3 Å². The maximum absolute atomic E-state index is 12.2. The molecule has 0 radical (unpaired) electrons. The first kappa shape index (κ1) is 17.9. The molecule has 0 aliphatic carbocycles. The lowest BCUT2D eigenvalue weighted by Gasteiger charge is -2.17. The van der Waals surface area contributed by atoms with Crippen molar-refractivity contribution in [2.24, 2.45) is 0 Å². The van der Waals surface area contributed by atoms with Crippen molar-refractivity contribution < 1.29 is 9.32 Å². The highest BCUT2D eigenvalue weighted by Gasteiger charge is 2.19. The number of thiazole rings is 1. The first-order valence-electron chi connectivity index (χ1n) is 8.55. The molecule has 0 atom stereocenters. The SMILES string of the molecule is CC(=O)N(c1ccccc1)c1nc(Cn2c(-c3ccccc3)noc2=O)cs1. The summed E-state index contributed by atoms with van der Waals surface area (Å²) in [5.41, 5.74) is 2.16. The van der Waals surface area contributed by atoms with Gasteiger partial charge in [-0.25, -0.2) is 9.78 Å². The van der Waals surface area contributed by atoms with E-state index in [0.717, 1.165) is 11.3 Å². The van der Waals surface area contributed by atoms with Gasteiger partial charge in [-0.3, -0.25) is 18.8 Å². The Morgan fingerprint density at radius 1 is 1.11 bits per heavy atom. The van der Waals surface area contributed by atoms with Gasteiger partial charge in [-0.2, -0.15) is 0 Å². The molecule has 0 saturated heterocycles. The van der Waals surface area contributed by atoms with E-state index in [1.165, 1.54) is 22.8 Å². The molecular formula is C20H16N4O3S. The van der Waals surface area contributed by atoms with Crippen LogP contribution in [0.4, 0.5) is 10.8 Å². The number of carbonyl (C=O) groups is 1. The minimum absolute atomic E-state index is 0.140. The molecule has 0 bridgehead atoms. The molecule has 0 saturated carbocycles. The lowest BCUT2D eigenvalue weighted by atomic mass is 10.2. The molecule has 0 spiro atoms. The summed E-state index contributed by atoms with van der Waals surface area (Å²) in [4.78, 5) is 30.4. The van der Waals surface area contributed by atoms with Crippen molar-refractivity contribution in [2.45, 2.75) is 13.5 Å². The van der Waals surface area contributed by atoms with Crippen molar-refractivity contribution in [1.82, 2.24) is 14.7 Å². The third kappa shape index (κ3) is 3.49. The van der Waals surface area contributed by atoms with Gasteiger partial charge >= 0.3 is 5.76 Å². The van der Waals surface area contributed by atoms with E-state index >= 15 is 0 Å². The standard InChI is InChI=1S/C20H16N4O3S/c1-14(25)24(17-10-6-3-7-11-17)19-21-16(13-28-19)12-23-18(22-27-20(23)26)15-8-4-2-5-9-15/h2-11,13H,12H2,1H3. The highest BCUT2D eigenvalue weighted by Crippen LogP contribution is 2.29. The predicted molar refractivity (Wildman–Crippen MR) is 107 cm³/mol. The molecule has 8 heteroatoms. The van der Waals surface area contributed by atoms with Crippen LogP contribution in [0.15, 0.2) is 75.4 Å². The van der Waals surface area contributed by atoms with Gasteiger partial charge in [0.15, 0.2) is 11.0 Å². The number of rotatable bonds is 5. The number of nitrogens with zero attached hydrogens (tertiary/aromatic N) is 4. The summed E-state index contributed by atoms with van der Waals surface area (Å²) < 4.78 is 6.28. The second-order valence-corrected chi connectivity index (χ2v) is 6.87. The Labute approximate surface area is 164 Å². The van der Waals surface area contributed by atoms with Gasteiger partial charge in [0.1, 0.15) is 0 Å². The van der Waals surface area contributed by atoms with Gasteiger partial charge in [0.05, 0.1) is 17.9 Å². The number of carbonyl (C=O) groups excluding carboxylic acids is 1. The van der Waals surface area contributed by atoms with Crippen LogP contribution in [0.25, 0.3) is 11.4 Å². The molecule has 140 valence electrons. The Bertz CT molecular complexity index is 1150. The zero-order valence-electron chi connectivity index (χ0n) is 15.0. The van der Waals surface area contributed by atoms with Crippen LogP contribution in [-0.4, -0.2) is 20.6 Å². The number of benzene rings is 2. The van der Waals surface area contributed by atoms with E-state index in [9.17, 15) is 9.59 Å². The lowest BCUT2D eigenvalue weighted by molar-refractivity contribution is -0.115. The van der Waals surface area contributed by atoms with Crippen molar-refractivity contribution in [3.63, 3.8) is 0 Å². The summed E-state index contributed by atoms with van der Waals surface area (Å²) in [6.45, 7) is 1.69. The summed E-state index contributed by atoms with van der Waals surface area (Å²) >= 11 is 1.34. The molecule has 2 aromatic heterocycles. The van der Waals surface area contributed by atoms with Gasteiger partial charge in [-0.1, -0.05) is 53.7 Å². The molecular weight excluding hydrogens is 376 g/mol. The van der Waals surface area contributed by atoms with Crippen LogP contribution in [0.2, 0.25) is 0 Å². The molecule has 1 amide bonds. The minimum atomic E-state index is -0.556. The van der Waals surface area contributed by atoms with Crippen molar-refractivity contribution in [3.05, 3.63) is 82.3 Å². The first-order chi connectivity index (χ1) is 13.6. The van der Waals surface area contributed by atoms with Crippen LogP contribution < -0.4 is 10.7 Å². The molecule has 4 rings (SSSR count). The highest BCUT2D eigenvalue weighted by atomic mass is 32.1. The number of hydrogen-bond acceptors (Lipinski definition) is 6. The van der Waals surface area contributed by atoms with E-state index in [-0.39, 0.29) is 12.5 Å². The van der Waals surface area contributed by atoms with Gasteiger partial charge in [0.2, 0.25) is 5.91 Å². The van der Waals surface area contributed by atoms with Crippen molar-refractivity contribution in [2.75, 3.05) is 4.90 Å². The number of anilines is 2. The fraction of sp³-hybridized carbons (Fsp3) is 0.100. The Morgan fingerprint density at radius 3 is 2.46 bits per heavy atom. The Hall–Kier alpha value is -3.52. The zero-order chi connectivity index (χ0) is 19.5. The van der Waals surface area contributed by atoms with E-state index < -0.39 is 5.76 Å². The van der Waals surface area contributed by atoms with Crippen LogP contribution in [-0.2, 0) is 11.3 Å². The first-order valence-corrected chi connectivity index (χ1v) is 9.43. The smallest absolute Gasteiger partial charge is 0.295 e. The van der Waals surface area contributed by atoms with Gasteiger partial charge in [-0.15, -0.1) is 11.3 Å². The molecule has 0 aliphatic heterocycles. The van der Waals surface area contributed by atoms with E-state index in [0.29, 0.717) is 16.6 Å². The second kappa shape index (κ2) is 7.61. The topological polar surface area (TPSA) is 81.2 Å². The molecule has 0 unspecified atom stereocenters. The second-order valence-electron chi connectivity index (χ2n) is 6.04. The predicted octanol–water partition coefficient (Wildman–Crippen LogP) is 3.69. The molecule has 7 nitrogen and oxygen atoms in total. The maximum atomic E-state index is 12.2. The number of amides is 1. The van der Waals surface area contributed by atoms with Gasteiger partial charge in [0.25, 0.3) is 0 Å². The average Bonchev–Trinajstić information content (AvgIpc) is 3.31. The summed E-state index contributed by atoms with van der Waals surface area (Å²) in [7, 11) is 0. The number of hydrogen-bond donors (Lipinski definition) is 0. The summed E-state index contributed by atoms with van der Waals surface area (Å²) in [5, 5.41) is 6.25. The Kier molecular flexibility index (Phi) is 4.86. The number of para-hydroxylation sites is 1. The molecule has 4 aromatic rings. The molecule has 2 aromatic carbocycles. The largest absolute Gasteiger partial charge is 0.442 e. The van der Waals surface area contributed by atoms with Gasteiger partial charge in [0, 0.05) is 17.9 Å². The van der Waals surface area contributed by atoms with Gasteiger partial charge in [-0.05, 0) is 12.1 Å². The fourth-order valence-electron chi connectivity index (χ4n) is 2.84. The van der Waals surface area contributed by atoms with Crippen LogP contribution in [0, 0.1) is 0 Å². The Balaban J connectivity index is 1.66. The average molecular weight is 392 g/mol. The number of aromatic nitrogens is 3. The summed E-state index contributed by atoms with van der Waals surface area (Å²) in [6.07, 6.45) is 0. The zero-order valence-corrected chi connectivity index (χ0v) is 15.8. The molecule has 0 N–H and O–H groups in total. The van der Waals surface area contributed by atoms with E-state index in [1.807, 2.05) is 66.0 Å². The lowest BCUT2D eigenvalue weighted by Crippen LogP contribution is -2.22. The van der Waals surface area contributed by atoms with Crippen LogP contribution in [0.3, 0.4) is 0 Å². The van der Waals surface area contributed by atoms with Crippen LogP contribution in [0.1, 0.15) is 12.6 Å². The summed E-state index contributed by atoms with van der Waals surface area (Å²) in [6, 6.07) is 18.6. The maximum Gasteiger partial charge on any atom is 0.442 e. The Morgan fingerprint density at radius 2 is 1.79 bits per heavy atom. The monoisotopic (exact) mass is 392 g/mol. The molecule has 2 heterocycles. The van der Waals surface area contributed by atoms with Crippen molar-refractivity contribution >= 4 is 28.1 Å². The highest BCUT2D eigenvalue weighted by molar-refractivity contribution is 7.14. The fourth-order valence-corrected chi connectivity index (χ4v) is 3.72. The third-order valence-corrected chi connectivity index (χ3v) is 4.97. The minimum Gasteiger partial charge on any atom is -0.295 e. The van der Waals surface area contributed by atoms with Gasteiger partial charge < -0.3 is 0 Å². The van der Waals surface area contributed by atoms with Crippen molar-refractivity contribution in [3.8, 4) is 11.4 Å². The summed E-state index contributed by atoms with van der Waals surface area (Å²) in [5.74, 6) is -0.259. The van der Waals surface area contributed by atoms with E-state index in [2.05, 4.69) is 10.1 Å². The third-order valence-electron chi connectivity index (χ3n) is 4.10. The van der Waals surface area contributed by atoms with E-state index in [4.69, 9.17) is 4.52 Å². The molecule has 0 fully saturated rings. The molecule has 0 aliphatic rings. The molecule has 28 heavy (non-hydrogen) atoms. The van der Waals surface area contributed by atoms with Crippen molar-refractivity contribution in [1.29, 1.82) is 0 Å². The van der Waals surface area contributed by atoms with E-state index in [1.54, 1.807) is 4.90 Å². The normalized spacial score (nSPS) is 10.8.